The first-order valence-corrected chi connectivity index (χ1v) is 9.41. The standard InChI is InChI=1S/C18H27BrO/c1-11-10-14-16(17(14,2)3)13-9-8-12-6-4-5-7-15(19)18(11,13)20-12/h8,11,13-16H,4-7,9-10H2,1-3H3/t11-,13+,14?,15+,16?,18-/m1/s1. The summed E-state index contributed by atoms with van der Waals surface area (Å²) in [5, 5.41) is 0. The topological polar surface area (TPSA) is 9.23 Å². The second-order valence-electron chi connectivity index (χ2n) is 8.27. The number of rotatable bonds is 0. The van der Waals surface area contributed by atoms with Gasteiger partial charge in [0.15, 0.2) is 0 Å². The summed E-state index contributed by atoms with van der Waals surface area (Å²) >= 11 is 4.07. The summed E-state index contributed by atoms with van der Waals surface area (Å²) in [6, 6.07) is 0. The number of alkyl halides is 1. The van der Waals surface area contributed by atoms with E-state index in [1.165, 1.54) is 44.3 Å². The minimum Gasteiger partial charge on any atom is -0.490 e. The van der Waals surface area contributed by atoms with E-state index in [0.717, 1.165) is 17.8 Å². The monoisotopic (exact) mass is 338 g/mol. The Morgan fingerprint density at radius 3 is 2.85 bits per heavy atom. The van der Waals surface area contributed by atoms with Crippen LogP contribution >= 0.6 is 15.9 Å². The molecule has 4 rings (SSSR count). The molecule has 20 heavy (non-hydrogen) atoms. The first-order chi connectivity index (χ1) is 9.48. The fourth-order valence-corrected chi connectivity index (χ4v) is 7.10. The number of hydrogen-bond donors (Lipinski definition) is 0. The van der Waals surface area contributed by atoms with E-state index in [2.05, 4.69) is 42.8 Å². The van der Waals surface area contributed by atoms with Gasteiger partial charge >= 0.3 is 0 Å². The predicted molar refractivity (Wildman–Crippen MR) is 85.7 cm³/mol. The molecule has 2 heteroatoms. The summed E-state index contributed by atoms with van der Waals surface area (Å²) in [5.74, 6) is 4.54. The van der Waals surface area contributed by atoms with Crippen molar-refractivity contribution in [2.75, 3.05) is 0 Å². The zero-order chi connectivity index (χ0) is 14.1. The van der Waals surface area contributed by atoms with Gasteiger partial charge in [-0.3, -0.25) is 0 Å². The molecule has 0 aromatic heterocycles. The third-order valence-electron chi connectivity index (χ3n) is 7.06. The highest BCUT2D eigenvalue weighted by Gasteiger charge is 2.71. The van der Waals surface area contributed by atoms with Crippen molar-refractivity contribution in [1.29, 1.82) is 0 Å². The van der Waals surface area contributed by atoms with Gasteiger partial charge in [-0.1, -0.05) is 43.1 Å². The first kappa shape index (κ1) is 13.7. The van der Waals surface area contributed by atoms with E-state index in [9.17, 15) is 0 Å². The molecular formula is C18H27BrO. The average molecular weight is 339 g/mol. The van der Waals surface area contributed by atoms with Crippen molar-refractivity contribution in [2.24, 2.45) is 29.1 Å². The number of ether oxygens (including phenoxy) is 1. The third kappa shape index (κ3) is 1.61. The number of halogens is 1. The van der Waals surface area contributed by atoms with Crippen molar-refractivity contribution in [1.82, 2.24) is 0 Å². The van der Waals surface area contributed by atoms with Gasteiger partial charge in [0.25, 0.3) is 0 Å². The van der Waals surface area contributed by atoms with Crippen LogP contribution in [0.3, 0.4) is 0 Å². The molecule has 2 unspecified atom stereocenters. The van der Waals surface area contributed by atoms with E-state index in [0.29, 0.717) is 16.2 Å². The molecule has 0 amide bonds. The van der Waals surface area contributed by atoms with Gasteiger partial charge in [-0.15, -0.1) is 0 Å². The van der Waals surface area contributed by atoms with Crippen LogP contribution in [0.25, 0.3) is 0 Å². The Morgan fingerprint density at radius 2 is 2.05 bits per heavy atom. The lowest BCUT2D eigenvalue weighted by Gasteiger charge is -2.54. The van der Waals surface area contributed by atoms with Gasteiger partial charge in [-0.2, -0.15) is 0 Å². The highest BCUT2D eigenvalue weighted by atomic mass is 79.9. The highest BCUT2D eigenvalue weighted by Crippen LogP contribution is 2.73. The van der Waals surface area contributed by atoms with Gasteiger partial charge in [-0.25, -0.2) is 0 Å². The highest BCUT2D eigenvalue weighted by molar-refractivity contribution is 9.09. The minimum absolute atomic E-state index is 0.0828. The van der Waals surface area contributed by atoms with Gasteiger partial charge < -0.3 is 4.74 Å². The van der Waals surface area contributed by atoms with Crippen molar-refractivity contribution in [3.63, 3.8) is 0 Å². The molecule has 0 aromatic carbocycles. The zero-order valence-electron chi connectivity index (χ0n) is 13.0. The van der Waals surface area contributed by atoms with E-state index in [1.807, 2.05) is 0 Å². The zero-order valence-corrected chi connectivity index (χ0v) is 14.6. The summed E-state index contributed by atoms with van der Waals surface area (Å²) in [4.78, 5) is 0.538. The molecule has 2 aliphatic carbocycles. The van der Waals surface area contributed by atoms with Gasteiger partial charge in [-0.05, 0) is 54.9 Å². The summed E-state index contributed by atoms with van der Waals surface area (Å²) < 4.78 is 6.75. The average Bonchev–Trinajstić information content (AvgIpc) is 2.95. The van der Waals surface area contributed by atoms with Crippen LogP contribution in [0.15, 0.2) is 11.8 Å². The molecule has 1 saturated heterocycles. The van der Waals surface area contributed by atoms with Gasteiger partial charge in [0.05, 0.1) is 10.6 Å². The molecule has 6 atom stereocenters. The van der Waals surface area contributed by atoms with Crippen molar-refractivity contribution in [3.05, 3.63) is 11.8 Å². The lowest BCUT2D eigenvalue weighted by atomic mass is 9.63. The van der Waals surface area contributed by atoms with E-state index in [-0.39, 0.29) is 5.60 Å². The van der Waals surface area contributed by atoms with Crippen LogP contribution < -0.4 is 0 Å². The lowest BCUT2D eigenvalue weighted by Crippen LogP contribution is -2.58. The maximum absolute atomic E-state index is 6.75. The third-order valence-corrected chi connectivity index (χ3v) is 8.23. The molecule has 2 saturated carbocycles. The van der Waals surface area contributed by atoms with Gasteiger partial charge in [0.2, 0.25) is 0 Å². The van der Waals surface area contributed by atoms with Crippen LogP contribution in [0.1, 0.15) is 59.3 Å². The summed E-state index contributed by atoms with van der Waals surface area (Å²) in [5.41, 5.74) is 0.631. The number of hydrogen-bond acceptors (Lipinski definition) is 1. The molecule has 2 heterocycles. The predicted octanol–water partition coefficient (Wildman–Crippen LogP) is 5.30. The van der Waals surface area contributed by atoms with E-state index >= 15 is 0 Å². The second kappa shape index (κ2) is 4.27. The maximum atomic E-state index is 6.75. The van der Waals surface area contributed by atoms with Gasteiger partial charge in [0.1, 0.15) is 5.60 Å². The molecule has 2 bridgehead atoms. The van der Waals surface area contributed by atoms with Crippen LogP contribution in [0.5, 0.6) is 0 Å². The maximum Gasteiger partial charge on any atom is 0.127 e. The van der Waals surface area contributed by atoms with Crippen LogP contribution in [-0.2, 0) is 4.74 Å². The fraction of sp³-hybridized carbons (Fsp3) is 0.889. The van der Waals surface area contributed by atoms with Crippen LogP contribution in [0.2, 0.25) is 0 Å². The largest absolute Gasteiger partial charge is 0.490 e. The Labute approximate surface area is 131 Å². The van der Waals surface area contributed by atoms with Crippen LogP contribution in [-0.4, -0.2) is 10.4 Å². The molecule has 112 valence electrons. The Morgan fingerprint density at radius 1 is 1.25 bits per heavy atom. The summed E-state index contributed by atoms with van der Waals surface area (Å²) in [6.45, 7) is 7.43. The Kier molecular flexibility index (Phi) is 2.92. The van der Waals surface area contributed by atoms with Crippen molar-refractivity contribution < 1.29 is 4.74 Å². The Balaban J connectivity index is 1.78. The van der Waals surface area contributed by atoms with Crippen molar-refractivity contribution in [2.45, 2.75) is 69.7 Å². The van der Waals surface area contributed by atoms with Crippen molar-refractivity contribution >= 4 is 15.9 Å². The second-order valence-corrected chi connectivity index (χ2v) is 9.38. The molecular weight excluding hydrogens is 312 g/mol. The smallest absolute Gasteiger partial charge is 0.127 e. The van der Waals surface area contributed by atoms with E-state index in [4.69, 9.17) is 4.74 Å². The fourth-order valence-electron chi connectivity index (χ4n) is 5.89. The Hall–Kier alpha value is 0.0200. The lowest BCUT2D eigenvalue weighted by molar-refractivity contribution is -0.130. The molecule has 0 aromatic rings. The normalized spacial score (nSPS) is 52.6. The molecule has 3 fully saturated rings. The van der Waals surface area contributed by atoms with Crippen LogP contribution in [0, 0.1) is 29.1 Å². The summed E-state index contributed by atoms with van der Waals surface area (Å²) in [6.07, 6.45) is 10.1. The van der Waals surface area contributed by atoms with Crippen molar-refractivity contribution in [3.8, 4) is 0 Å². The molecule has 1 nitrogen and oxygen atoms in total. The first-order valence-electron chi connectivity index (χ1n) is 8.50. The van der Waals surface area contributed by atoms with Crippen LogP contribution in [0.4, 0.5) is 0 Å². The molecule has 0 radical (unpaired) electrons. The van der Waals surface area contributed by atoms with E-state index < -0.39 is 0 Å². The van der Waals surface area contributed by atoms with Gasteiger partial charge in [0, 0.05) is 12.3 Å². The molecule has 4 aliphatic rings. The Bertz CT molecular complexity index is 454. The quantitative estimate of drug-likeness (QED) is 0.545. The number of fused-ring (bicyclic) bond motifs is 3. The molecule has 2 aliphatic heterocycles. The summed E-state index contributed by atoms with van der Waals surface area (Å²) in [7, 11) is 0. The van der Waals surface area contributed by atoms with E-state index in [1.54, 1.807) is 0 Å². The molecule has 0 N–H and O–H groups in total. The number of allylic oxidation sites excluding steroid dienone is 2. The SMILES string of the molecule is C[C@@H]1CC2C([C@@H]3CC=C4CCCC[C@H](Br)[C@@]13O4)C2(C)C. The molecule has 1 spiro atoms. The minimum atomic E-state index is 0.0828.